The Balaban J connectivity index is 3.35. The van der Waals surface area contributed by atoms with Gasteiger partial charge < -0.3 is 4.74 Å². The van der Waals surface area contributed by atoms with Gasteiger partial charge in [-0.25, -0.2) is 4.79 Å². The molecular formula is C17H28O3. The number of carbonyl (C=O) groups excluding carboxylic acids is 2. The highest BCUT2D eigenvalue weighted by Gasteiger charge is 2.77. The molecule has 114 valence electrons. The van der Waals surface area contributed by atoms with E-state index in [1.807, 2.05) is 34.6 Å². The van der Waals surface area contributed by atoms with E-state index >= 15 is 0 Å². The van der Waals surface area contributed by atoms with Crippen LogP contribution in [-0.2, 0) is 14.3 Å². The standard InChI is InChI=1S/C17H28O3/c1-8-16(9-2)14(19)17(10-3,11-4)15(16,7)20-13(18)12(5)6/h5,8-11H2,1-4,6-7H3. The van der Waals surface area contributed by atoms with Gasteiger partial charge in [-0.1, -0.05) is 34.3 Å². The number of hydrogen-bond donors (Lipinski definition) is 0. The lowest BCUT2D eigenvalue weighted by Crippen LogP contribution is -2.77. The lowest BCUT2D eigenvalue weighted by Gasteiger charge is -2.66. The van der Waals surface area contributed by atoms with Crippen LogP contribution >= 0.6 is 0 Å². The molecule has 20 heavy (non-hydrogen) atoms. The smallest absolute Gasteiger partial charge is 0.333 e. The molecule has 1 aliphatic carbocycles. The average Bonchev–Trinajstić information content (AvgIpc) is 2.41. The fourth-order valence-electron chi connectivity index (χ4n) is 4.25. The van der Waals surface area contributed by atoms with Crippen molar-refractivity contribution in [2.75, 3.05) is 0 Å². The van der Waals surface area contributed by atoms with Crippen LogP contribution in [0, 0.1) is 10.8 Å². The fraction of sp³-hybridized carbons (Fsp3) is 0.765. The van der Waals surface area contributed by atoms with Crippen molar-refractivity contribution in [1.29, 1.82) is 0 Å². The molecular weight excluding hydrogens is 252 g/mol. The van der Waals surface area contributed by atoms with Crippen LogP contribution in [-0.4, -0.2) is 17.4 Å². The van der Waals surface area contributed by atoms with Gasteiger partial charge in [0, 0.05) is 5.57 Å². The molecule has 0 unspecified atom stereocenters. The van der Waals surface area contributed by atoms with E-state index in [4.69, 9.17) is 4.74 Å². The van der Waals surface area contributed by atoms with E-state index in [1.54, 1.807) is 6.92 Å². The molecule has 3 heteroatoms. The lowest BCUT2D eigenvalue weighted by atomic mass is 9.38. The van der Waals surface area contributed by atoms with E-state index in [-0.39, 0.29) is 5.78 Å². The molecule has 0 amide bonds. The summed E-state index contributed by atoms with van der Waals surface area (Å²) in [5, 5.41) is 0. The SMILES string of the molecule is C=C(C)C(=O)OC1(C)C(CC)(CC)C(=O)C1(CC)CC. The van der Waals surface area contributed by atoms with Crippen molar-refractivity contribution in [2.24, 2.45) is 10.8 Å². The van der Waals surface area contributed by atoms with Crippen molar-refractivity contribution >= 4 is 11.8 Å². The van der Waals surface area contributed by atoms with Gasteiger partial charge >= 0.3 is 5.97 Å². The Morgan fingerprint density at radius 1 is 1.05 bits per heavy atom. The largest absolute Gasteiger partial charge is 0.454 e. The second kappa shape index (κ2) is 5.34. The van der Waals surface area contributed by atoms with Crippen molar-refractivity contribution in [3.8, 4) is 0 Å². The van der Waals surface area contributed by atoms with Gasteiger partial charge in [0.2, 0.25) is 0 Å². The molecule has 1 saturated carbocycles. The Kier molecular flexibility index (Phi) is 4.52. The second-order valence-corrected chi connectivity index (χ2v) is 6.11. The minimum absolute atomic E-state index is 0.261. The van der Waals surface area contributed by atoms with Crippen LogP contribution in [0.25, 0.3) is 0 Å². The highest BCUT2D eigenvalue weighted by atomic mass is 16.6. The predicted octanol–water partition coefficient (Wildman–Crippen LogP) is 4.06. The molecule has 0 heterocycles. The Labute approximate surface area is 122 Å². The van der Waals surface area contributed by atoms with E-state index in [2.05, 4.69) is 6.58 Å². The van der Waals surface area contributed by atoms with Crippen LogP contribution in [0.5, 0.6) is 0 Å². The maximum absolute atomic E-state index is 12.9. The summed E-state index contributed by atoms with van der Waals surface area (Å²) in [5.74, 6) is -0.130. The van der Waals surface area contributed by atoms with E-state index < -0.39 is 22.4 Å². The van der Waals surface area contributed by atoms with E-state index in [1.165, 1.54) is 0 Å². The summed E-state index contributed by atoms with van der Waals surface area (Å²) in [4.78, 5) is 24.9. The Bertz CT molecular complexity index is 404. The molecule has 0 bridgehead atoms. The summed E-state index contributed by atoms with van der Waals surface area (Å²) in [6.07, 6.45) is 2.79. The third-order valence-corrected chi connectivity index (χ3v) is 5.76. The second-order valence-electron chi connectivity index (χ2n) is 6.11. The molecule has 0 radical (unpaired) electrons. The third-order valence-electron chi connectivity index (χ3n) is 5.76. The molecule has 0 saturated heterocycles. The van der Waals surface area contributed by atoms with Crippen LogP contribution < -0.4 is 0 Å². The van der Waals surface area contributed by atoms with Gasteiger partial charge in [0.1, 0.15) is 5.60 Å². The zero-order chi connectivity index (χ0) is 15.8. The first-order valence-electron chi connectivity index (χ1n) is 7.66. The number of hydrogen-bond acceptors (Lipinski definition) is 3. The van der Waals surface area contributed by atoms with Gasteiger partial charge in [-0.15, -0.1) is 0 Å². The number of ketones is 1. The highest BCUT2D eigenvalue weighted by molar-refractivity contribution is 6.01. The number of carbonyl (C=O) groups is 2. The molecule has 1 fully saturated rings. The molecule has 0 spiro atoms. The van der Waals surface area contributed by atoms with Gasteiger partial charge in [0.25, 0.3) is 0 Å². The van der Waals surface area contributed by atoms with E-state index in [0.717, 1.165) is 0 Å². The van der Waals surface area contributed by atoms with Crippen LogP contribution in [0.4, 0.5) is 0 Å². The van der Waals surface area contributed by atoms with Crippen molar-refractivity contribution in [1.82, 2.24) is 0 Å². The first-order valence-corrected chi connectivity index (χ1v) is 7.66. The van der Waals surface area contributed by atoms with Crippen molar-refractivity contribution < 1.29 is 14.3 Å². The van der Waals surface area contributed by atoms with Gasteiger partial charge in [-0.3, -0.25) is 4.79 Å². The van der Waals surface area contributed by atoms with Crippen molar-refractivity contribution in [3.63, 3.8) is 0 Å². The fourth-order valence-corrected chi connectivity index (χ4v) is 4.25. The van der Waals surface area contributed by atoms with Crippen molar-refractivity contribution in [2.45, 2.75) is 72.8 Å². The maximum atomic E-state index is 12.9. The number of Topliss-reactive ketones (excluding diaryl/α,β-unsaturated/α-hetero) is 1. The summed E-state index contributed by atoms with van der Waals surface area (Å²) in [6, 6.07) is 0. The van der Waals surface area contributed by atoms with Crippen molar-refractivity contribution in [3.05, 3.63) is 12.2 Å². The summed E-state index contributed by atoms with van der Waals surface area (Å²) in [5.41, 5.74) is -1.46. The minimum Gasteiger partial charge on any atom is -0.454 e. The predicted molar refractivity (Wildman–Crippen MR) is 80.3 cm³/mol. The van der Waals surface area contributed by atoms with Crippen LogP contribution in [0.3, 0.4) is 0 Å². The molecule has 0 aromatic heterocycles. The monoisotopic (exact) mass is 280 g/mol. The molecule has 0 N–H and O–H groups in total. The summed E-state index contributed by atoms with van der Waals surface area (Å²) in [7, 11) is 0. The van der Waals surface area contributed by atoms with E-state index in [9.17, 15) is 9.59 Å². The highest BCUT2D eigenvalue weighted by Crippen LogP contribution is 2.67. The normalized spacial score (nSPS) is 22.0. The Morgan fingerprint density at radius 2 is 1.40 bits per heavy atom. The Hall–Kier alpha value is -1.12. The quantitative estimate of drug-likeness (QED) is 0.544. The summed E-state index contributed by atoms with van der Waals surface area (Å²) < 4.78 is 5.84. The zero-order valence-corrected chi connectivity index (χ0v) is 13.8. The first-order chi connectivity index (χ1) is 9.22. The molecule has 0 aromatic carbocycles. The van der Waals surface area contributed by atoms with Crippen LogP contribution in [0.15, 0.2) is 12.2 Å². The topological polar surface area (TPSA) is 43.4 Å². The number of ether oxygens (including phenoxy) is 1. The van der Waals surface area contributed by atoms with Gasteiger partial charge in [-0.2, -0.15) is 0 Å². The summed E-state index contributed by atoms with van der Waals surface area (Å²) >= 11 is 0. The van der Waals surface area contributed by atoms with Crippen LogP contribution in [0.2, 0.25) is 0 Å². The Morgan fingerprint density at radius 3 is 1.65 bits per heavy atom. The maximum Gasteiger partial charge on any atom is 0.333 e. The van der Waals surface area contributed by atoms with E-state index in [0.29, 0.717) is 31.3 Å². The zero-order valence-electron chi connectivity index (χ0n) is 13.8. The summed E-state index contributed by atoms with van der Waals surface area (Å²) in [6.45, 7) is 15.3. The molecule has 1 aliphatic rings. The molecule has 3 nitrogen and oxygen atoms in total. The first kappa shape index (κ1) is 16.9. The molecule has 1 rings (SSSR count). The van der Waals surface area contributed by atoms with Crippen LogP contribution in [0.1, 0.15) is 67.2 Å². The van der Waals surface area contributed by atoms with Gasteiger partial charge in [0.05, 0.1) is 10.8 Å². The lowest BCUT2D eigenvalue weighted by molar-refractivity contribution is -0.250. The number of rotatable bonds is 6. The van der Waals surface area contributed by atoms with Gasteiger partial charge in [-0.05, 0) is 39.5 Å². The molecule has 0 atom stereocenters. The minimum atomic E-state index is -0.736. The molecule has 0 aliphatic heterocycles. The molecule has 0 aromatic rings. The average molecular weight is 280 g/mol. The third kappa shape index (κ3) is 1.71. The number of esters is 1. The van der Waals surface area contributed by atoms with Gasteiger partial charge in [0.15, 0.2) is 5.78 Å².